The van der Waals surface area contributed by atoms with Gasteiger partial charge in [0.05, 0.1) is 23.4 Å². The summed E-state index contributed by atoms with van der Waals surface area (Å²) in [7, 11) is 0. The van der Waals surface area contributed by atoms with Gasteiger partial charge in [-0.2, -0.15) is 0 Å². The van der Waals surface area contributed by atoms with Gasteiger partial charge in [0, 0.05) is 17.1 Å². The molecule has 0 aliphatic heterocycles. The number of anilines is 1. The highest BCUT2D eigenvalue weighted by molar-refractivity contribution is 7.09. The Morgan fingerprint density at radius 3 is 2.80 bits per heavy atom. The molecule has 20 heavy (non-hydrogen) atoms. The van der Waals surface area contributed by atoms with Crippen LogP contribution in [-0.2, 0) is 6.54 Å². The summed E-state index contributed by atoms with van der Waals surface area (Å²) >= 11 is 1.71. The molecule has 0 saturated heterocycles. The maximum absolute atomic E-state index is 4.65. The zero-order chi connectivity index (χ0) is 13.9. The van der Waals surface area contributed by atoms with Crippen molar-refractivity contribution in [1.29, 1.82) is 0 Å². The minimum atomic E-state index is 0.620. The molecule has 1 saturated carbocycles. The van der Waals surface area contributed by atoms with Crippen molar-refractivity contribution >= 4 is 17.3 Å². The van der Waals surface area contributed by atoms with Crippen molar-refractivity contribution in [3.63, 3.8) is 0 Å². The Kier molecular flexibility index (Phi) is 4.05. The normalized spacial score (nSPS) is 16.5. The van der Waals surface area contributed by atoms with Crippen molar-refractivity contribution in [2.24, 2.45) is 0 Å². The fraction of sp³-hybridized carbons (Fsp3) is 0.600. The van der Waals surface area contributed by atoms with Gasteiger partial charge in [-0.05, 0) is 26.7 Å². The number of thiazole rings is 1. The fourth-order valence-corrected chi connectivity index (χ4v) is 3.66. The molecule has 1 N–H and O–H groups in total. The van der Waals surface area contributed by atoms with Crippen molar-refractivity contribution in [2.75, 3.05) is 5.32 Å². The molecule has 2 aromatic rings. The lowest BCUT2D eigenvalue weighted by Gasteiger charge is -2.24. The highest BCUT2D eigenvalue weighted by Gasteiger charge is 2.18. The first-order valence-corrected chi connectivity index (χ1v) is 8.30. The monoisotopic (exact) mass is 290 g/mol. The van der Waals surface area contributed by atoms with Crippen LogP contribution in [0, 0.1) is 13.8 Å². The number of rotatable bonds is 4. The first-order valence-electron chi connectivity index (χ1n) is 7.42. The summed E-state index contributed by atoms with van der Waals surface area (Å²) in [5.74, 6) is 1.02. The maximum atomic E-state index is 4.65. The lowest BCUT2D eigenvalue weighted by Crippen LogP contribution is -2.15. The van der Waals surface area contributed by atoms with Gasteiger partial charge in [0.25, 0.3) is 0 Å². The predicted octanol–water partition coefficient (Wildman–Crippen LogP) is 4.07. The third-order valence-corrected chi connectivity index (χ3v) is 5.01. The van der Waals surface area contributed by atoms with E-state index in [9.17, 15) is 0 Å². The van der Waals surface area contributed by atoms with E-state index < -0.39 is 0 Å². The van der Waals surface area contributed by atoms with E-state index in [0.717, 1.165) is 23.9 Å². The quantitative estimate of drug-likeness (QED) is 0.923. The lowest BCUT2D eigenvalue weighted by atomic mass is 9.95. The molecule has 0 amide bonds. The van der Waals surface area contributed by atoms with Crippen LogP contribution in [0.25, 0.3) is 0 Å². The average molecular weight is 290 g/mol. The Morgan fingerprint density at radius 1 is 1.30 bits per heavy atom. The molecule has 4 nitrogen and oxygen atoms in total. The van der Waals surface area contributed by atoms with E-state index >= 15 is 0 Å². The first kappa shape index (κ1) is 13.6. The van der Waals surface area contributed by atoms with Crippen molar-refractivity contribution in [1.82, 2.24) is 14.5 Å². The standard InChI is InChI=1S/C15H22N4S/c1-11-9-19(13-6-4-3-5-7-13)15(18-11)16-8-14-12(2)17-10-20-14/h9-10,13H,3-8H2,1-2H3,(H,16,18). The Morgan fingerprint density at radius 2 is 2.10 bits per heavy atom. The van der Waals surface area contributed by atoms with E-state index in [-0.39, 0.29) is 0 Å². The number of nitrogens with one attached hydrogen (secondary N) is 1. The lowest BCUT2D eigenvalue weighted by molar-refractivity contribution is 0.355. The molecule has 0 aromatic carbocycles. The van der Waals surface area contributed by atoms with E-state index in [1.165, 1.54) is 37.0 Å². The number of aromatic nitrogens is 3. The van der Waals surface area contributed by atoms with Crippen molar-refractivity contribution in [2.45, 2.75) is 58.5 Å². The fourth-order valence-electron chi connectivity index (χ4n) is 2.94. The second-order valence-electron chi connectivity index (χ2n) is 5.62. The Labute approximate surface area is 124 Å². The highest BCUT2D eigenvalue weighted by atomic mass is 32.1. The molecule has 5 heteroatoms. The number of imidazole rings is 1. The van der Waals surface area contributed by atoms with Gasteiger partial charge in [0.15, 0.2) is 0 Å². The van der Waals surface area contributed by atoms with E-state index in [1.54, 1.807) is 11.3 Å². The van der Waals surface area contributed by atoms with Gasteiger partial charge in [-0.15, -0.1) is 11.3 Å². The highest BCUT2D eigenvalue weighted by Crippen LogP contribution is 2.31. The Balaban J connectivity index is 1.74. The molecule has 2 aromatic heterocycles. The van der Waals surface area contributed by atoms with E-state index in [1.807, 2.05) is 5.51 Å². The van der Waals surface area contributed by atoms with Crippen molar-refractivity contribution < 1.29 is 0 Å². The maximum Gasteiger partial charge on any atom is 0.203 e. The van der Waals surface area contributed by atoms with E-state index in [2.05, 4.69) is 39.9 Å². The number of hydrogen-bond acceptors (Lipinski definition) is 4. The van der Waals surface area contributed by atoms with Crippen LogP contribution >= 0.6 is 11.3 Å². The molecule has 0 unspecified atom stereocenters. The van der Waals surface area contributed by atoms with Gasteiger partial charge < -0.3 is 9.88 Å². The molecule has 1 aliphatic rings. The molecule has 2 heterocycles. The predicted molar refractivity (Wildman–Crippen MR) is 83.3 cm³/mol. The summed E-state index contributed by atoms with van der Waals surface area (Å²) < 4.78 is 2.35. The number of hydrogen-bond donors (Lipinski definition) is 1. The summed E-state index contributed by atoms with van der Waals surface area (Å²) in [5.41, 5.74) is 4.12. The zero-order valence-corrected chi connectivity index (χ0v) is 13.0. The third kappa shape index (κ3) is 2.87. The van der Waals surface area contributed by atoms with Gasteiger partial charge in [-0.25, -0.2) is 9.97 Å². The van der Waals surface area contributed by atoms with E-state index in [4.69, 9.17) is 0 Å². The molecular formula is C15H22N4S. The second kappa shape index (κ2) is 5.95. The number of aryl methyl sites for hydroxylation is 2. The third-order valence-electron chi connectivity index (χ3n) is 4.07. The van der Waals surface area contributed by atoms with Crippen LogP contribution in [-0.4, -0.2) is 14.5 Å². The topological polar surface area (TPSA) is 42.7 Å². The van der Waals surface area contributed by atoms with Crippen LogP contribution in [0.2, 0.25) is 0 Å². The molecule has 0 bridgehead atoms. The summed E-state index contributed by atoms with van der Waals surface area (Å²) in [6, 6.07) is 0.620. The minimum Gasteiger partial charge on any atom is -0.351 e. The van der Waals surface area contributed by atoms with Gasteiger partial charge >= 0.3 is 0 Å². The van der Waals surface area contributed by atoms with Crippen LogP contribution in [0.4, 0.5) is 5.95 Å². The number of nitrogens with zero attached hydrogens (tertiary/aromatic N) is 3. The molecule has 108 valence electrons. The van der Waals surface area contributed by atoms with Gasteiger partial charge in [0.1, 0.15) is 0 Å². The molecule has 3 rings (SSSR count). The summed E-state index contributed by atoms with van der Waals surface area (Å²) in [5, 5.41) is 3.50. The van der Waals surface area contributed by atoms with Gasteiger partial charge in [-0.3, -0.25) is 0 Å². The largest absolute Gasteiger partial charge is 0.351 e. The Hall–Kier alpha value is -1.36. The Bertz CT molecular complexity index is 566. The molecular weight excluding hydrogens is 268 g/mol. The van der Waals surface area contributed by atoms with Gasteiger partial charge in [-0.1, -0.05) is 19.3 Å². The molecule has 0 spiro atoms. The van der Waals surface area contributed by atoms with Gasteiger partial charge in [0.2, 0.25) is 5.95 Å². The van der Waals surface area contributed by atoms with Crippen molar-refractivity contribution in [3.8, 4) is 0 Å². The summed E-state index contributed by atoms with van der Waals surface area (Å²) in [4.78, 5) is 10.2. The zero-order valence-electron chi connectivity index (χ0n) is 12.2. The second-order valence-corrected chi connectivity index (χ2v) is 6.56. The van der Waals surface area contributed by atoms with Crippen LogP contribution in [0.5, 0.6) is 0 Å². The van der Waals surface area contributed by atoms with Crippen LogP contribution in [0.3, 0.4) is 0 Å². The molecule has 0 radical (unpaired) electrons. The smallest absolute Gasteiger partial charge is 0.203 e. The summed E-state index contributed by atoms with van der Waals surface area (Å²) in [6.07, 6.45) is 8.82. The van der Waals surface area contributed by atoms with Crippen LogP contribution in [0.1, 0.15) is 54.4 Å². The minimum absolute atomic E-state index is 0.620. The van der Waals surface area contributed by atoms with E-state index in [0.29, 0.717) is 6.04 Å². The molecule has 1 aliphatic carbocycles. The summed E-state index contributed by atoms with van der Waals surface area (Å²) in [6.45, 7) is 4.95. The average Bonchev–Trinajstić information content (AvgIpc) is 3.03. The SMILES string of the molecule is Cc1cn(C2CCCCC2)c(NCc2scnc2C)n1. The molecule has 1 fully saturated rings. The first-order chi connectivity index (χ1) is 9.74. The van der Waals surface area contributed by atoms with Crippen LogP contribution in [0.15, 0.2) is 11.7 Å². The molecule has 0 atom stereocenters. The van der Waals surface area contributed by atoms with Crippen molar-refractivity contribution in [3.05, 3.63) is 28.0 Å². The van der Waals surface area contributed by atoms with Crippen LogP contribution < -0.4 is 5.32 Å².